The van der Waals surface area contributed by atoms with Crippen molar-refractivity contribution in [2.45, 2.75) is 98.0 Å². The molecule has 4 aromatic heterocycles. The molecule has 2 aliphatic rings. The lowest BCUT2D eigenvalue weighted by atomic mass is 10.1. The first-order valence-electron chi connectivity index (χ1n) is 19.1. The van der Waals surface area contributed by atoms with Gasteiger partial charge in [0.1, 0.15) is 18.3 Å². The standard InChI is InChI=1S/C24H30N6O2.C16H24N6/c1-17(2)30-18(3)26-15-22(30)21-9-12-25-23(28-21)27-20-10-13-29(14-11-20)24(31)32-16-19-7-5-4-6-8-19;1-11(2)22-12(3)19-10-15(22)14-6-9-18-16(21-14)20-13-4-7-17-8-5-13/h4-9,12,15,17,20H,10-11,13-14,16H2,1-3H3,(H,25,27,28);6,9-11,13,17H,4-5,7-8H2,1-3H3,(H,18,20,21). The lowest BCUT2D eigenvalue weighted by molar-refractivity contribution is 0.0881. The third-order valence-electron chi connectivity index (χ3n) is 9.80. The Bertz CT molecular complexity index is 1940. The Morgan fingerprint density at radius 1 is 0.741 bits per heavy atom. The molecule has 2 aliphatic heterocycles. The molecular weight excluding hydrogens is 681 g/mol. The summed E-state index contributed by atoms with van der Waals surface area (Å²) in [6, 6.07) is 14.9. The number of benzene rings is 1. The number of nitrogens with one attached hydrogen (secondary N) is 3. The second-order valence-corrected chi connectivity index (χ2v) is 14.5. The Labute approximate surface area is 318 Å². The minimum absolute atomic E-state index is 0.208. The average molecular weight is 735 g/mol. The molecule has 286 valence electrons. The number of nitrogens with zero attached hydrogens (tertiary/aromatic N) is 9. The monoisotopic (exact) mass is 734 g/mol. The molecule has 2 saturated heterocycles. The minimum Gasteiger partial charge on any atom is -0.445 e. The summed E-state index contributed by atoms with van der Waals surface area (Å²) < 4.78 is 9.83. The molecule has 5 aromatic rings. The largest absolute Gasteiger partial charge is 0.445 e. The van der Waals surface area contributed by atoms with Crippen LogP contribution in [-0.2, 0) is 11.3 Å². The first-order valence-corrected chi connectivity index (χ1v) is 19.1. The maximum Gasteiger partial charge on any atom is 0.410 e. The van der Waals surface area contributed by atoms with E-state index in [9.17, 15) is 4.79 Å². The molecule has 14 heteroatoms. The number of carbonyl (C=O) groups is 1. The number of piperidine rings is 2. The zero-order valence-electron chi connectivity index (χ0n) is 32.4. The fourth-order valence-corrected chi connectivity index (χ4v) is 7.08. The number of hydrogen-bond donors (Lipinski definition) is 3. The Kier molecular flexibility index (Phi) is 12.9. The molecule has 54 heavy (non-hydrogen) atoms. The van der Waals surface area contributed by atoms with Crippen molar-refractivity contribution in [1.82, 2.24) is 49.3 Å². The van der Waals surface area contributed by atoms with E-state index in [0.717, 1.165) is 78.8 Å². The number of likely N-dealkylation sites (tertiary alicyclic amines) is 1. The number of aromatic nitrogens is 8. The number of aryl methyl sites for hydroxylation is 2. The molecule has 1 amide bonds. The van der Waals surface area contributed by atoms with E-state index in [-0.39, 0.29) is 12.1 Å². The highest BCUT2D eigenvalue weighted by atomic mass is 16.6. The molecule has 0 aliphatic carbocycles. The van der Waals surface area contributed by atoms with Crippen molar-refractivity contribution in [2.75, 3.05) is 36.8 Å². The van der Waals surface area contributed by atoms with E-state index < -0.39 is 0 Å². The Balaban J connectivity index is 0.000000197. The molecule has 0 saturated carbocycles. The second-order valence-electron chi connectivity index (χ2n) is 14.5. The molecule has 14 nitrogen and oxygen atoms in total. The molecule has 6 heterocycles. The van der Waals surface area contributed by atoms with Gasteiger partial charge in [-0.3, -0.25) is 0 Å². The van der Waals surface area contributed by atoms with E-state index >= 15 is 0 Å². The van der Waals surface area contributed by atoms with Gasteiger partial charge in [0.2, 0.25) is 11.9 Å². The van der Waals surface area contributed by atoms with Gasteiger partial charge in [0.15, 0.2) is 0 Å². The highest BCUT2D eigenvalue weighted by Gasteiger charge is 2.25. The molecule has 0 radical (unpaired) electrons. The molecule has 0 spiro atoms. The van der Waals surface area contributed by atoms with Crippen molar-refractivity contribution in [1.29, 1.82) is 0 Å². The molecule has 1 aromatic carbocycles. The van der Waals surface area contributed by atoms with Crippen molar-refractivity contribution in [3.8, 4) is 22.8 Å². The van der Waals surface area contributed by atoms with E-state index in [0.29, 0.717) is 49.7 Å². The van der Waals surface area contributed by atoms with Gasteiger partial charge in [0.25, 0.3) is 0 Å². The smallest absolute Gasteiger partial charge is 0.410 e. The van der Waals surface area contributed by atoms with Crippen LogP contribution in [-0.4, -0.2) is 88.3 Å². The van der Waals surface area contributed by atoms with Gasteiger partial charge in [-0.15, -0.1) is 0 Å². The van der Waals surface area contributed by atoms with Gasteiger partial charge in [-0.1, -0.05) is 30.3 Å². The molecule has 7 rings (SSSR count). The van der Waals surface area contributed by atoms with Crippen LogP contribution in [0.15, 0.2) is 67.3 Å². The first kappa shape index (κ1) is 38.4. The van der Waals surface area contributed by atoms with Crippen molar-refractivity contribution < 1.29 is 9.53 Å². The number of ether oxygens (including phenoxy) is 1. The topological polar surface area (TPSA) is 153 Å². The summed E-state index contributed by atoms with van der Waals surface area (Å²) in [4.78, 5) is 41.2. The van der Waals surface area contributed by atoms with Gasteiger partial charge in [-0.05, 0) is 98.0 Å². The summed E-state index contributed by atoms with van der Waals surface area (Å²) in [5, 5.41) is 10.3. The van der Waals surface area contributed by atoms with E-state index in [1.54, 1.807) is 11.1 Å². The Hall–Kier alpha value is -5.37. The van der Waals surface area contributed by atoms with Crippen LogP contribution >= 0.6 is 0 Å². The van der Waals surface area contributed by atoms with Crippen LogP contribution in [0, 0.1) is 13.8 Å². The Morgan fingerprint density at radius 2 is 1.24 bits per heavy atom. The van der Waals surface area contributed by atoms with E-state index in [4.69, 9.17) is 14.7 Å². The average Bonchev–Trinajstić information content (AvgIpc) is 3.78. The molecule has 0 bridgehead atoms. The highest BCUT2D eigenvalue weighted by Crippen LogP contribution is 2.25. The fourth-order valence-electron chi connectivity index (χ4n) is 7.08. The zero-order chi connectivity index (χ0) is 38.0. The number of anilines is 2. The number of imidazole rings is 2. The molecule has 0 atom stereocenters. The van der Waals surface area contributed by atoms with Gasteiger partial charge < -0.3 is 34.7 Å². The molecule has 0 unspecified atom stereocenters. The molecule has 2 fully saturated rings. The first-order chi connectivity index (χ1) is 26.2. The minimum atomic E-state index is -0.261. The van der Waals surface area contributed by atoms with Crippen LogP contribution in [0.2, 0.25) is 0 Å². The molecular formula is C40H54N12O2. The fraction of sp³-hybridized carbons (Fsp3) is 0.475. The summed E-state index contributed by atoms with van der Waals surface area (Å²) in [5.41, 5.74) is 4.78. The zero-order valence-corrected chi connectivity index (χ0v) is 32.4. The Morgan fingerprint density at radius 3 is 1.74 bits per heavy atom. The quantitative estimate of drug-likeness (QED) is 0.138. The third-order valence-corrected chi connectivity index (χ3v) is 9.80. The maximum absolute atomic E-state index is 12.4. The van der Waals surface area contributed by atoms with Gasteiger partial charge >= 0.3 is 6.09 Å². The van der Waals surface area contributed by atoms with Crippen molar-refractivity contribution >= 4 is 18.0 Å². The SMILES string of the molecule is Cc1ncc(-c2ccnc(NC3CCN(C(=O)OCc4ccccc4)CC3)n2)n1C(C)C.Cc1ncc(-c2ccnc(NC3CCNCC3)n2)n1C(C)C. The number of hydrogen-bond acceptors (Lipinski definition) is 11. The summed E-state index contributed by atoms with van der Waals surface area (Å²) in [6.45, 7) is 16.3. The van der Waals surface area contributed by atoms with Gasteiger partial charge in [-0.25, -0.2) is 34.7 Å². The van der Waals surface area contributed by atoms with Crippen molar-refractivity contribution in [2.24, 2.45) is 0 Å². The van der Waals surface area contributed by atoms with Crippen LogP contribution < -0.4 is 16.0 Å². The second kappa shape index (κ2) is 18.1. The summed E-state index contributed by atoms with van der Waals surface area (Å²) in [6.07, 6.45) is 10.9. The number of carbonyl (C=O) groups excluding carboxylic acids is 1. The number of rotatable bonds is 10. The molecule has 3 N–H and O–H groups in total. The van der Waals surface area contributed by atoms with E-state index in [2.05, 4.69) is 72.7 Å². The third kappa shape index (κ3) is 9.78. The van der Waals surface area contributed by atoms with Crippen LogP contribution in [0.4, 0.5) is 16.7 Å². The van der Waals surface area contributed by atoms with Crippen LogP contribution in [0.5, 0.6) is 0 Å². The maximum atomic E-state index is 12.4. The lowest BCUT2D eigenvalue weighted by Gasteiger charge is -2.31. The van der Waals surface area contributed by atoms with Crippen molar-refractivity contribution in [3.05, 3.63) is 84.5 Å². The lowest BCUT2D eigenvalue weighted by Crippen LogP contribution is -2.42. The highest BCUT2D eigenvalue weighted by molar-refractivity contribution is 5.67. The van der Waals surface area contributed by atoms with Gasteiger partial charge in [0, 0.05) is 49.7 Å². The van der Waals surface area contributed by atoms with E-state index in [1.807, 2.05) is 74.9 Å². The summed E-state index contributed by atoms with van der Waals surface area (Å²) >= 11 is 0. The van der Waals surface area contributed by atoms with E-state index in [1.165, 1.54) is 0 Å². The van der Waals surface area contributed by atoms with Gasteiger partial charge in [0.05, 0.1) is 35.2 Å². The van der Waals surface area contributed by atoms with Crippen LogP contribution in [0.1, 0.15) is 82.7 Å². The van der Waals surface area contributed by atoms with Gasteiger partial charge in [-0.2, -0.15) is 0 Å². The normalized spacial score (nSPS) is 15.2. The predicted octanol–water partition coefficient (Wildman–Crippen LogP) is 6.84. The summed E-state index contributed by atoms with van der Waals surface area (Å²) in [7, 11) is 0. The van der Waals surface area contributed by atoms with Crippen molar-refractivity contribution in [3.63, 3.8) is 0 Å². The van der Waals surface area contributed by atoms with Crippen LogP contribution in [0.25, 0.3) is 22.8 Å². The number of amides is 1. The predicted molar refractivity (Wildman–Crippen MR) is 211 cm³/mol. The van der Waals surface area contributed by atoms with Crippen LogP contribution in [0.3, 0.4) is 0 Å². The summed E-state index contributed by atoms with van der Waals surface area (Å²) in [5.74, 6) is 3.28.